The number of amides is 1. The molecule has 0 aliphatic carbocycles. The van der Waals surface area contributed by atoms with E-state index in [9.17, 15) is 15.0 Å². The first-order valence-corrected chi connectivity index (χ1v) is 9.09. The Morgan fingerprint density at radius 2 is 1.79 bits per heavy atom. The number of hydrogen-bond acceptors (Lipinski definition) is 4. The number of aliphatic hydroxyl groups is 1. The van der Waals surface area contributed by atoms with Crippen LogP contribution in [0.2, 0.25) is 0 Å². The molecular weight excluding hydrogens is 304 g/mol. The Morgan fingerprint density at radius 3 is 2.46 bits per heavy atom. The van der Waals surface area contributed by atoms with Gasteiger partial charge >= 0.3 is 0 Å². The van der Waals surface area contributed by atoms with Crippen LogP contribution in [0, 0.1) is 11.8 Å². The van der Waals surface area contributed by atoms with Crippen LogP contribution in [0.3, 0.4) is 0 Å². The van der Waals surface area contributed by atoms with E-state index in [1.807, 2.05) is 4.90 Å². The summed E-state index contributed by atoms with van der Waals surface area (Å²) < 4.78 is 0. The molecule has 1 amide bonds. The molecule has 2 N–H and O–H groups in total. The molecule has 0 saturated carbocycles. The molecule has 2 saturated heterocycles. The lowest BCUT2D eigenvalue weighted by atomic mass is 9.96. The third kappa shape index (κ3) is 4.08. The lowest BCUT2D eigenvalue weighted by Gasteiger charge is -2.26. The Labute approximate surface area is 143 Å². The van der Waals surface area contributed by atoms with Gasteiger partial charge in [-0.15, -0.1) is 0 Å². The van der Waals surface area contributed by atoms with E-state index in [2.05, 4.69) is 4.90 Å². The van der Waals surface area contributed by atoms with E-state index in [1.165, 1.54) is 31.7 Å². The van der Waals surface area contributed by atoms with Gasteiger partial charge in [0.25, 0.3) is 5.91 Å². The van der Waals surface area contributed by atoms with E-state index in [0.717, 1.165) is 19.6 Å². The molecule has 0 spiro atoms. The summed E-state index contributed by atoms with van der Waals surface area (Å²) in [6.45, 7) is 4.65. The summed E-state index contributed by atoms with van der Waals surface area (Å²) in [5.74, 6) is 0.534. The smallest absolute Gasteiger partial charge is 0.254 e. The molecule has 2 fully saturated rings. The molecule has 24 heavy (non-hydrogen) atoms. The Hall–Kier alpha value is -1.59. The van der Waals surface area contributed by atoms with Crippen molar-refractivity contribution in [2.45, 2.75) is 25.7 Å². The van der Waals surface area contributed by atoms with Crippen molar-refractivity contribution >= 4 is 5.91 Å². The number of hydrogen-bond donors (Lipinski definition) is 2. The van der Waals surface area contributed by atoms with E-state index in [1.54, 1.807) is 18.2 Å². The van der Waals surface area contributed by atoms with Crippen molar-refractivity contribution in [3.8, 4) is 5.75 Å². The number of rotatable bonds is 4. The number of benzene rings is 1. The van der Waals surface area contributed by atoms with Crippen molar-refractivity contribution in [2.75, 3.05) is 39.3 Å². The van der Waals surface area contributed by atoms with Gasteiger partial charge in [0.1, 0.15) is 5.75 Å². The van der Waals surface area contributed by atoms with Gasteiger partial charge in [-0.05, 0) is 50.0 Å². The predicted molar refractivity (Wildman–Crippen MR) is 93.0 cm³/mol. The van der Waals surface area contributed by atoms with Crippen molar-refractivity contribution in [2.24, 2.45) is 11.8 Å². The first-order chi connectivity index (χ1) is 11.7. The second-order valence-electron chi connectivity index (χ2n) is 7.18. The molecule has 1 aromatic rings. The number of nitrogens with zero attached hydrogens (tertiary/aromatic N) is 2. The fraction of sp³-hybridized carbons (Fsp3) is 0.632. The summed E-state index contributed by atoms with van der Waals surface area (Å²) in [5.41, 5.74) is 0.516. The summed E-state index contributed by atoms with van der Waals surface area (Å²) in [6, 6.07) is 6.51. The fourth-order valence-corrected chi connectivity index (χ4v) is 3.99. The van der Waals surface area contributed by atoms with E-state index in [0.29, 0.717) is 24.6 Å². The van der Waals surface area contributed by atoms with Crippen LogP contribution in [0.1, 0.15) is 36.0 Å². The van der Waals surface area contributed by atoms with Gasteiger partial charge in [-0.2, -0.15) is 0 Å². The summed E-state index contributed by atoms with van der Waals surface area (Å²) in [6.07, 6.45) is 5.13. The second-order valence-corrected chi connectivity index (χ2v) is 7.18. The van der Waals surface area contributed by atoms with Crippen molar-refractivity contribution in [3.05, 3.63) is 29.8 Å². The zero-order chi connectivity index (χ0) is 16.9. The van der Waals surface area contributed by atoms with Crippen molar-refractivity contribution in [3.63, 3.8) is 0 Å². The highest BCUT2D eigenvalue weighted by atomic mass is 16.3. The van der Waals surface area contributed by atoms with Crippen LogP contribution < -0.4 is 0 Å². The van der Waals surface area contributed by atoms with E-state index < -0.39 is 0 Å². The van der Waals surface area contributed by atoms with E-state index in [4.69, 9.17) is 0 Å². The number of aromatic hydroxyl groups is 1. The molecule has 2 heterocycles. The molecule has 3 rings (SSSR count). The molecular formula is C19H28N2O3. The van der Waals surface area contributed by atoms with Crippen LogP contribution >= 0.6 is 0 Å². The zero-order valence-corrected chi connectivity index (χ0v) is 14.2. The Balaban J connectivity index is 1.64. The Morgan fingerprint density at radius 1 is 1.08 bits per heavy atom. The zero-order valence-electron chi connectivity index (χ0n) is 14.2. The quantitative estimate of drug-likeness (QED) is 0.884. The van der Waals surface area contributed by atoms with Crippen LogP contribution in [0.5, 0.6) is 5.75 Å². The van der Waals surface area contributed by atoms with Crippen LogP contribution in [0.4, 0.5) is 0 Å². The minimum absolute atomic E-state index is 0.0530. The number of aliphatic hydroxyl groups excluding tert-OH is 1. The fourth-order valence-electron chi connectivity index (χ4n) is 3.99. The Bertz CT molecular complexity index is 555. The van der Waals surface area contributed by atoms with Crippen molar-refractivity contribution in [1.29, 1.82) is 0 Å². The van der Waals surface area contributed by atoms with Crippen molar-refractivity contribution < 1.29 is 15.0 Å². The first kappa shape index (κ1) is 17.2. The summed E-state index contributed by atoms with van der Waals surface area (Å²) in [5, 5.41) is 19.3. The van der Waals surface area contributed by atoms with Crippen LogP contribution in [-0.4, -0.2) is 65.3 Å². The maximum Gasteiger partial charge on any atom is 0.254 e. The lowest BCUT2D eigenvalue weighted by molar-refractivity contribution is 0.0778. The maximum absolute atomic E-state index is 12.7. The molecule has 0 unspecified atom stereocenters. The monoisotopic (exact) mass is 332 g/mol. The molecule has 0 radical (unpaired) electrons. The lowest BCUT2D eigenvalue weighted by Crippen LogP contribution is -2.35. The normalized spacial score (nSPS) is 25.6. The molecule has 0 aromatic heterocycles. The summed E-state index contributed by atoms with van der Waals surface area (Å²) >= 11 is 0. The van der Waals surface area contributed by atoms with Crippen LogP contribution in [0.25, 0.3) is 0 Å². The number of phenolic OH excluding ortho intramolecular Hbond substituents is 1. The number of carbonyl (C=O) groups is 1. The number of likely N-dealkylation sites (tertiary alicyclic amines) is 2. The minimum Gasteiger partial charge on any atom is -0.508 e. The van der Waals surface area contributed by atoms with E-state index in [-0.39, 0.29) is 24.2 Å². The van der Waals surface area contributed by atoms with Crippen molar-refractivity contribution in [1.82, 2.24) is 9.80 Å². The molecule has 2 aliphatic heterocycles. The van der Waals surface area contributed by atoms with Crippen LogP contribution in [0.15, 0.2) is 24.3 Å². The van der Waals surface area contributed by atoms with Gasteiger partial charge in [-0.25, -0.2) is 0 Å². The number of phenols is 1. The molecule has 5 nitrogen and oxygen atoms in total. The maximum atomic E-state index is 12.7. The molecule has 1 aromatic carbocycles. The largest absolute Gasteiger partial charge is 0.508 e. The van der Waals surface area contributed by atoms with Gasteiger partial charge in [0.2, 0.25) is 0 Å². The topological polar surface area (TPSA) is 64.0 Å². The molecule has 132 valence electrons. The first-order valence-electron chi connectivity index (χ1n) is 9.09. The minimum atomic E-state index is -0.0530. The van der Waals surface area contributed by atoms with Gasteiger partial charge in [-0.1, -0.05) is 18.9 Å². The number of carbonyl (C=O) groups excluding carboxylic acids is 1. The van der Waals surface area contributed by atoms with Gasteiger partial charge in [0.05, 0.1) is 0 Å². The SMILES string of the molecule is O=C(c1cccc(O)c1)N1C[C@@H](CN2CCCCCC2)[C@@H](CO)C1. The molecule has 5 heteroatoms. The average Bonchev–Trinajstić information content (AvgIpc) is 2.81. The third-order valence-electron chi connectivity index (χ3n) is 5.38. The summed E-state index contributed by atoms with van der Waals surface area (Å²) in [4.78, 5) is 17.0. The van der Waals surface area contributed by atoms with E-state index >= 15 is 0 Å². The molecule has 0 bridgehead atoms. The van der Waals surface area contributed by atoms with Crippen LogP contribution in [-0.2, 0) is 0 Å². The van der Waals surface area contributed by atoms with Gasteiger partial charge in [0, 0.05) is 37.7 Å². The second kappa shape index (κ2) is 7.99. The molecule has 2 atom stereocenters. The highest BCUT2D eigenvalue weighted by Crippen LogP contribution is 2.27. The Kier molecular flexibility index (Phi) is 5.74. The molecule has 2 aliphatic rings. The average molecular weight is 332 g/mol. The standard InChI is InChI=1S/C19H28N2O3/c22-14-17-13-21(19(24)15-6-5-7-18(23)10-15)12-16(17)11-20-8-3-1-2-4-9-20/h5-7,10,16-17,22-23H,1-4,8-9,11-14H2/t16-,17-/m1/s1. The summed E-state index contributed by atoms with van der Waals surface area (Å²) in [7, 11) is 0. The highest BCUT2D eigenvalue weighted by Gasteiger charge is 2.36. The highest BCUT2D eigenvalue weighted by molar-refractivity contribution is 5.94. The third-order valence-corrected chi connectivity index (χ3v) is 5.38. The van der Waals surface area contributed by atoms with Gasteiger partial charge < -0.3 is 20.0 Å². The van der Waals surface area contributed by atoms with Gasteiger partial charge in [0.15, 0.2) is 0 Å². The predicted octanol–water partition coefficient (Wildman–Crippen LogP) is 1.95. The van der Waals surface area contributed by atoms with Gasteiger partial charge in [-0.3, -0.25) is 4.79 Å².